The fraction of sp³-hybridized carbons (Fsp3) is 0.400. The molecule has 0 amide bonds. The van der Waals surface area contributed by atoms with Crippen LogP contribution in [0.4, 0.5) is 38.2 Å². The summed E-state index contributed by atoms with van der Waals surface area (Å²) < 4.78 is 78.5. The molecule has 0 aromatic carbocycles. The van der Waals surface area contributed by atoms with E-state index >= 15 is 0 Å². The molecule has 0 spiro atoms. The van der Waals surface area contributed by atoms with Gasteiger partial charge in [-0.1, -0.05) is 13.0 Å². The molecule has 1 atom stereocenters. The minimum atomic E-state index is -4.68. The number of nitrogens with two attached hydrogens (primary N) is 1. The van der Waals surface area contributed by atoms with E-state index in [9.17, 15) is 26.3 Å². The van der Waals surface area contributed by atoms with Crippen molar-refractivity contribution in [2.24, 2.45) is 11.7 Å². The molecule has 184 valence electrons. The first-order valence-corrected chi connectivity index (χ1v) is 10.2. The maximum atomic E-state index is 13.1. The fourth-order valence-corrected chi connectivity index (χ4v) is 2.99. The summed E-state index contributed by atoms with van der Waals surface area (Å²) in [6, 6.07) is 3.28. The summed E-state index contributed by atoms with van der Waals surface area (Å²) >= 11 is 0. The first kappa shape index (κ1) is 25.2. The minimum Gasteiger partial charge on any atom is -0.405 e. The molecule has 1 saturated heterocycles. The highest BCUT2D eigenvalue weighted by Crippen LogP contribution is 2.30. The Hall–Kier alpha value is -3.42. The van der Waals surface area contributed by atoms with Crippen molar-refractivity contribution in [2.45, 2.75) is 25.7 Å². The largest absolute Gasteiger partial charge is 0.433 e. The Kier molecular flexibility index (Phi) is 7.59. The van der Waals surface area contributed by atoms with Gasteiger partial charge in [-0.05, 0) is 43.5 Å². The summed E-state index contributed by atoms with van der Waals surface area (Å²) in [6.07, 6.45) is -5.30. The van der Waals surface area contributed by atoms with Crippen LogP contribution in [0, 0.1) is 5.92 Å². The zero-order valence-corrected chi connectivity index (χ0v) is 18.0. The number of allylic oxidation sites excluding steroid dienone is 2. The number of hydrogen-bond acceptors (Lipinski definition) is 8. The Bertz CT molecular complexity index is 1040. The smallest absolute Gasteiger partial charge is 0.405 e. The van der Waals surface area contributed by atoms with Gasteiger partial charge in [0.1, 0.15) is 11.4 Å². The predicted molar refractivity (Wildman–Crippen MR) is 113 cm³/mol. The first-order chi connectivity index (χ1) is 16.0. The van der Waals surface area contributed by atoms with E-state index in [1.165, 1.54) is 12.1 Å². The van der Waals surface area contributed by atoms with Gasteiger partial charge in [0.05, 0.1) is 12.6 Å². The van der Waals surface area contributed by atoms with Crippen LogP contribution in [0.25, 0.3) is 11.5 Å². The van der Waals surface area contributed by atoms with Gasteiger partial charge >= 0.3 is 12.4 Å². The molecule has 0 bridgehead atoms. The van der Waals surface area contributed by atoms with Crippen LogP contribution in [0.1, 0.15) is 19.0 Å². The molecule has 34 heavy (non-hydrogen) atoms. The van der Waals surface area contributed by atoms with Crippen LogP contribution >= 0.6 is 0 Å². The number of nitrogens with one attached hydrogen (secondary N) is 2. The minimum absolute atomic E-state index is 0.0517. The van der Waals surface area contributed by atoms with Crippen LogP contribution in [0.3, 0.4) is 0 Å². The summed E-state index contributed by atoms with van der Waals surface area (Å²) in [5.41, 5.74) is 4.01. The molecule has 3 rings (SSSR count). The van der Waals surface area contributed by atoms with Gasteiger partial charge in [0.2, 0.25) is 11.9 Å². The van der Waals surface area contributed by atoms with Crippen molar-refractivity contribution in [3.05, 3.63) is 47.9 Å². The Morgan fingerprint density at radius 3 is 2.53 bits per heavy atom. The van der Waals surface area contributed by atoms with Crippen molar-refractivity contribution in [2.75, 3.05) is 30.0 Å². The molecule has 14 heteroatoms. The zero-order valence-electron chi connectivity index (χ0n) is 18.0. The lowest BCUT2D eigenvalue weighted by Gasteiger charge is -2.27. The van der Waals surface area contributed by atoms with E-state index in [4.69, 9.17) is 5.73 Å². The zero-order chi connectivity index (χ0) is 24.9. The summed E-state index contributed by atoms with van der Waals surface area (Å²) in [5, 5.41) is 5.77. The number of halogens is 6. The highest BCUT2D eigenvalue weighted by atomic mass is 19.4. The maximum Gasteiger partial charge on any atom is 0.433 e. The van der Waals surface area contributed by atoms with Gasteiger partial charge in [-0.15, -0.1) is 0 Å². The Labute approximate surface area is 191 Å². The summed E-state index contributed by atoms with van der Waals surface area (Å²) in [7, 11) is 0. The summed E-state index contributed by atoms with van der Waals surface area (Å²) in [6.45, 7) is 2.65. The third-order valence-corrected chi connectivity index (χ3v) is 4.74. The molecule has 3 heterocycles. The van der Waals surface area contributed by atoms with Crippen LogP contribution in [0.2, 0.25) is 0 Å². The van der Waals surface area contributed by atoms with Gasteiger partial charge in [0, 0.05) is 12.2 Å². The van der Waals surface area contributed by atoms with Gasteiger partial charge in [0.15, 0.2) is 5.82 Å². The number of pyridine rings is 1. The monoisotopic (exact) mass is 488 g/mol. The van der Waals surface area contributed by atoms with Crippen molar-refractivity contribution in [3.8, 4) is 11.5 Å². The number of nitrogens with zero attached hydrogens (tertiary/aromatic N) is 5. The normalized spacial score (nSPS) is 16.7. The second-order valence-electron chi connectivity index (χ2n) is 7.40. The third kappa shape index (κ3) is 6.56. The first-order valence-electron chi connectivity index (χ1n) is 10.2. The molecule has 4 N–H and O–H groups in total. The molecule has 0 saturated carbocycles. The second kappa shape index (κ2) is 10.2. The lowest BCUT2D eigenvalue weighted by Crippen LogP contribution is -2.42. The maximum absolute atomic E-state index is 13.1. The SMILES string of the molecule is CC(/C=C(\C=C/N)Nc1nc(-c2cccc(C(F)(F)F)n2)nc(N2CCCNC2)n1)C(F)(F)F. The van der Waals surface area contributed by atoms with Crippen LogP contribution in [-0.4, -0.2) is 45.9 Å². The molecule has 0 radical (unpaired) electrons. The highest BCUT2D eigenvalue weighted by Gasteiger charge is 2.35. The lowest BCUT2D eigenvalue weighted by atomic mass is 10.1. The Morgan fingerprint density at radius 1 is 1.15 bits per heavy atom. The third-order valence-electron chi connectivity index (χ3n) is 4.74. The molecule has 1 aliphatic rings. The number of alkyl halides is 6. The van der Waals surface area contributed by atoms with Crippen molar-refractivity contribution in [1.29, 1.82) is 0 Å². The van der Waals surface area contributed by atoms with Gasteiger partial charge in [-0.25, -0.2) is 4.98 Å². The molecule has 2 aromatic heterocycles. The van der Waals surface area contributed by atoms with Crippen LogP contribution < -0.4 is 21.3 Å². The number of aromatic nitrogens is 4. The quantitative estimate of drug-likeness (QED) is 0.418. The average Bonchev–Trinajstić information content (AvgIpc) is 2.78. The standard InChI is InChI=1S/C20H22F6N8/c1-12(19(21,22)23)10-13(6-7-27)29-17-31-16(14-4-2-5-15(30-14)20(24,25)26)32-18(33-17)34-9-3-8-28-11-34/h2,4-7,10,12,28H,3,8-9,11,27H2,1H3,(H,29,31,32,33)/b7-6-,13-10+. The summed E-state index contributed by atoms with van der Waals surface area (Å²) in [5.74, 6) is -2.05. The van der Waals surface area contributed by atoms with E-state index < -0.39 is 24.0 Å². The predicted octanol–water partition coefficient (Wildman–Crippen LogP) is 3.68. The molecule has 8 nitrogen and oxygen atoms in total. The molecule has 1 aliphatic heterocycles. The van der Waals surface area contributed by atoms with Crippen LogP contribution in [-0.2, 0) is 6.18 Å². The van der Waals surface area contributed by atoms with E-state index in [1.807, 2.05) is 0 Å². The van der Waals surface area contributed by atoms with Crippen molar-refractivity contribution in [1.82, 2.24) is 25.3 Å². The lowest BCUT2D eigenvalue weighted by molar-refractivity contribution is -0.156. The number of hydrogen-bond donors (Lipinski definition) is 3. The molecule has 1 unspecified atom stereocenters. The van der Waals surface area contributed by atoms with Gasteiger partial charge < -0.3 is 16.0 Å². The summed E-state index contributed by atoms with van der Waals surface area (Å²) in [4.78, 5) is 17.9. The van der Waals surface area contributed by atoms with Crippen molar-refractivity contribution in [3.63, 3.8) is 0 Å². The van der Waals surface area contributed by atoms with Gasteiger partial charge in [-0.2, -0.15) is 41.3 Å². The van der Waals surface area contributed by atoms with Crippen molar-refractivity contribution >= 4 is 11.9 Å². The number of rotatable bonds is 6. The highest BCUT2D eigenvalue weighted by molar-refractivity contribution is 5.56. The van der Waals surface area contributed by atoms with Crippen LogP contribution in [0.5, 0.6) is 0 Å². The number of anilines is 2. The molecule has 2 aromatic rings. The molecular weight excluding hydrogens is 466 g/mol. The van der Waals surface area contributed by atoms with E-state index in [-0.39, 0.29) is 29.1 Å². The van der Waals surface area contributed by atoms with E-state index in [2.05, 4.69) is 30.6 Å². The Balaban J connectivity index is 2.05. The van der Waals surface area contributed by atoms with E-state index in [0.717, 1.165) is 44.3 Å². The van der Waals surface area contributed by atoms with Gasteiger partial charge in [-0.3, -0.25) is 5.32 Å². The fourth-order valence-electron chi connectivity index (χ4n) is 2.99. The Morgan fingerprint density at radius 2 is 1.91 bits per heavy atom. The average molecular weight is 488 g/mol. The topological polar surface area (TPSA) is 105 Å². The second-order valence-corrected chi connectivity index (χ2v) is 7.40. The molecule has 1 fully saturated rings. The van der Waals surface area contributed by atoms with Crippen LogP contribution in [0.15, 0.2) is 42.2 Å². The molecule has 0 aliphatic carbocycles. The van der Waals surface area contributed by atoms with E-state index in [0.29, 0.717) is 13.2 Å². The van der Waals surface area contributed by atoms with E-state index in [1.54, 1.807) is 4.90 Å². The van der Waals surface area contributed by atoms with Crippen molar-refractivity contribution < 1.29 is 26.3 Å². The molecular formula is C20H22F6N8. The van der Waals surface area contributed by atoms with Gasteiger partial charge in [0.25, 0.3) is 0 Å².